The van der Waals surface area contributed by atoms with Gasteiger partial charge in [-0.05, 0) is 11.8 Å². The number of piperidine rings is 1. The Morgan fingerprint density at radius 2 is 1.57 bits per heavy atom. The number of quaternary nitrogens is 1. The average molecular weight is 196 g/mol. The van der Waals surface area contributed by atoms with E-state index in [0.717, 1.165) is 23.9 Å². The molecule has 0 radical (unpaired) electrons. The molecule has 0 aliphatic carbocycles. The molecule has 3 aliphatic rings. The molecule has 80 valence electrons. The molecule has 4 unspecified atom stereocenters. The van der Waals surface area contributed by atoms with Crippen LogP contribution in [0.2, 0.25) is 0 Å². The quantitative estimate of drug-likeness (QED) is 0.459. The lowest BCUT2D eigenvalue weighted by Crippen LogP contribution is -2.58. The van der Waals surface area contributed by atoms with Gasteiger partial charge in [0.15, 0.2) is 0 Å². The molecule has 2 heteroatoms. The summed E-state index contributed by atoms with van der Waals surface area (Å²) in [6.07, 6.45) is 4.03. The van der Waals surface area contributed by atoms with Crippen molar-refractivity contribution in [2.45, 2.75) is 51.0 Å². The van der Waals surface area contributed by atoms with Crippen molar-refractivity contribution in [3.63, 3.8) is 0 Å². The molecule has 3 rings (SSSR count). The van der Waals surface area contributed by atoms with Crippen LogP contribution in [0.1, 0.15) is 26.7 Å². The summed E-state index contributed by atoms with van der Waals surface area (Å²) in [6.45, 7) is 4.75. The van der Waals surface area contributed by atoms with E-state index in [1.807, 2.05) is 0 Å². The second kappa shape index (κ2) is 2.53. The third kappa shape index (κ3) is 0.989. The van der Waals surface area contributed by atoms with Crippen molar-refractivity contribution in [3.8, 4) is 0 Å². The molecule has 0 N–H and O–H groups in total. The van der Waals surface area contributed by atoms with Gasteiger partial charge in [-0.3, -0.25) is 0 Å². The zero-order valence-corrected chi connectivity index (χ0v) is 9.73. The van der Waals surface area contributed by atoms with E-state index in [9.17, 15) is 0 Å². The lowest BCUT2D eigenvalue weighted by Gasteiger charge is -2.46. The summed E-state index contributed by atoms with van der Waals surface area (Å²) in [5.74, 6) is 1.81. The van der Waals surface area contributed by atoms with Gasteiger partial charge in [-0.2, -0.15) is 0 Å². The van der Waals surface area contributed by atoms with Crippen LogP contribution >= 0.6 is 0 Å². The molecule has 3 saturated heterocycles. The minimum absolute atomic E-state index is 0.624. The van der Waals surface area contributed by atoms with E-state index in [1.54, 1.807) is 0 Å². The lowest BCUT2D eigenvalue weighted by atomic mass is 9.81. The summed E-state index contributed by atoms with van der Waals surface area (Å²) in [5.41, 5.74) is 0. The maximum Gasteiger partial charge on any atom is 0.142 e. The predicted octanol–water partition coefficient (Wildman–Crippen LogP) is 1.65. The molecule has 0 amide bonds. The summed E-state index contributed by atoms with van der Waals surface area (Å²) < 4.78 is 7.00. The molecule has 4 atom stereocenters. The van der Waals surface area contributed by atoms with Crippen molar-refractivity contribution in [3.05, 3.63) is 0 Å². The average Bonchev–Trinajstić information content (AvgIpc) is 2.75. The number of ether oxygens (including phenoxy) is 1. The monoisotopic (exact) mass is 196 g/mol. The SMILES string of the molecule is CC(C)C1CC2C3OC3C(C1)[N+]2(C)C. The summed E-state index contributed by atoms with van der Waals surface area (Å²) >= 11 is 0. The number of morpholine rings is 1. The molecule has 0 saturated carbocycles. The Morgan fingerprint density at radius 3 is 2.00 bits per heavy atom. The highest BCUT2D eigenvalue weighted by Gasteiger charge is 2.70. The van der Waals surface area contributed by atoms with Gasteiger partial charge < -0.3 is 9.22 Å². The summed E-state index contributed by atoms with van der Waals surface area (Å²) in [5, 5.41) is 0. The van der Waals surface area contributed by atoms with E-state index < -0.39 is 0 Å². The molecule has 0 aromatic rings. The highest BCUT2D eigenvalue weighted by atomic mass is 16.6. The number of rotatable bonds is 1. The molecular weight excluding hydrogens is 174 g/mol. The molecule has 2 nitrogen and oxygen atoms in total. The van der Waals surface area contributed by atoms with Gasteiger partial charge in [-0.15, -0.1) is 0 Å². The fourth-order valence-corrected chi connectivity index (χ4v) is 3.83. The zero-order valence-electron chi connectivity index (χ0n) is 9.73. The van der Waals surface area contributed by atoms with E-state index in [1.165, 1.54) is 17.3 Å². The van der Waals surface area contributed by atoms with Crippen LogP contribution in [-0.2, 0) is 4.74 Å². The van der Waals surface area contributed by atoms with Crippen LogP contribution in [0.25, 0.3) is 0 Å². The maximum absolute atomic E-state index is 5.77. The Labute approximate surface area is 86.8 Å². The van der Waals surface area contributed by atoms with Crippen LogP contribution in [0.3, 0.4) is 0 Å². The summed E-state index contributed by atoms with van der Waals surface area (Å²) in [4.78, 5) is 0. The van der Waals surface area contributed by atoms with Gasteiger partial charge in [0.1, 0.15) is 24.3 Å². The molecule has 3 fully saturated rings. The predicted molar refractivity (Wildman–Crippen MR) is 55.9 cm³/mol. The molecule has 3 aliphatic heterocycles. The van der Waals surface area contributed by atoms with Crippen LogP contribution in [0.15, 0.2) is 0 Å². The molecule has 3 heterocycles. The largest absolute Gasteiger partial charge is 0.357 e. The van der Waals surface area contributed by atoms with E-state index in [2.05, 4.69) is 27.9 Å². The van der Waals surface area contributed by atoms with Gasteiger partial charge >= 0.3 is 0 Å². The third-order valence-electron chi connectivity index (χ3n) is 5.06. The minimum atomic E-state index is 0.624. The molecule has 0 aromatic carbocycles. The van der Waals surface area contributed by atoms with E-state index in [-0.39, 0.29) is 0 Å². The lowest BCUT2D eigenvalue weighted by molar-refractivity contribution is -0.938. The smallest absolute Gasteiger partial charge is 0.142 e. The first kappa shape index (κ1) is 9.17. The van der Waals surface area contributed by atoms with Crippen molar-refractivity contribution in [1.29, 1.82) is 0 Å². The van der Waals surface area contributed by atoms with Crippen molar-refractivity contribution >= 4 is 0 Å². The molecule has 0 spiro atoms. The number of nitrogens with zero attached hydrogens (tertiary/aromatic N) is 1. The van der Waals surface area contributed by atoms with E-state index in [0.29, 0.717) is 12.2 Å². The molecular formula is C12H22NO+. The first-order chi connectivity index (χ1) is 6.51. The first-order valence-corrected chi connectivity index (χ1v) is 6.00. The van der Waals surface area contributed by atoms with E-state index >= 15 is 0 Å². The number of epoxide rings is 1. The van der Waals surface area contributed by atoms with Crippen LogP contribution < -0.4 is 0 Å². The second-order valence-electron chi connectivity index (χ2n) is 6.30. The molecule has 2 bridgehead atoms. The van der Waals surface area contributed by atoms with Gasteiger partial charge in [0.2, 0.25) is 0 Å². The Morgan fingerprint density at radius 1 is 1.07 bits per heavy atom. The second-order valence-corrected chi connectivity index (χ2v) is 6.30. The highest BCUT2D eigenvalue weighted by Crippen LogP contribution is 2.53. The summed E-state index contributed by atoms with van der Waals surface area (Å²) in [7, 11) is 4.81. The van der Waals surface area contributed by atoms with Gasteiger partial charge in [-0.1, -0.05) is 13.8 Å². The summed E-state index contributed by atoms with van der Waals surface area (Å²) in [6, 6.07) is 1.59. The van der Waals surface area contributed by atoms with Crippen LogP contribution in [-0.4, -0.2) is 42.9 Å². The van der Waals surface area contributed by atoms with Gasteiger partial charge in [-0.25, -0.2) is 0 Å². The Balaban J connectivity index is 1.85. The number of fused-ring (bicyclic) bond motifs is 5. The van der Waals surface area contributed by atoms with Crippen LogP contribution in [0, 0.1) is 11.8 Å². The normalized spacial score (nSPS) is 53.4. The van der Waals surface area contributed by atoms with E-state index in [4.69, 9.17) is 4.74 Å². The van der Waals surface area contributed by atoms with Crippen molar-refractivity contribution < 1.29 is 9.22 Å². The fraction of sp³-hybridized carbons (Fsp3) is 1.00. The fourth-order valence-electron chi connectivity index (χ4n) is 3.83. The van der Waals surface area contributed by atoms with Crippen LogP contribution in [0.4, 0.5) is 0 Å². The standard InChI is InChI=1S/C12H22NO/c1-7(2)8-5-9-11-12(14-11)10(6-8)13(9,3)4/h7-12H,5-6H2,1-4H3/q+1. The Hall–Kier alpha value is -0.0800. The van der Waals surface area contributed by atoms with Crippen molar-refractivity contribution in [2.24, 2.45) is 11.8 Å². The van der Waals surface area contributed by atoms with Gasteiger partial charge in [0, 0.05) is 12.8 Å². The number of hydrogen-bond acceptors (Lipinski definition) is 1. The zero-order chi connectivity index (χ0) is 10.1. The number of likely N-dealkylation sites (N-methyl/N-ethyl adjacent to an activating group) is 1. The van der Waals surface area contributed by atoms with Crippen LogP contribution in [0.5, 0.6) is 0 Å². The first-order valence-electron chi connectivity index (χ1n) is 6.00. The highest BCUT2D eigenvalue weighted by molar-refractivity contribution is 5.07. The topological polar surface area (TPSA) is 12.5 Å². The third-order valence-corrected chi connectivity index (χ3v) is 5.06. The molecule has 0 aromatic heterocycles. The van der Waals surface area contributed by atoms with Crippen molar-refractivity contribution in [2.75, 3.05) is 14.1 Å². The number of hydrogen-bond donors (Lipinski definition) is 0. The molecule has 14 heavy (non-hydrogen) atoms. The van der Waals surface area contributed by atoms with Crippen molar-refractivity contribution in [1.82, 2.24) is 0 Å². The van der Waals surface area contributed by atoms with Gasteiger partial charge in [0.05, 0.1) is 14.1 Å². The minimum Gasteiger partial charge on any atom is -0.357 e. The van der Waals surface area contributed by atoms with Gasteiger partial charge in [0.25, 0.3) is 0 Å². The Bertz CT molecular complexity index is 241. The Kier molecular flexibility index (Phi) is 1.66. The maximum atomic E-state index is 5.77.